The Morgan fingerprint density at radius 1 is 1.18 bits per heavy atom. The smallest absolute Gasteiger partial charge is 0.259 e. The average Bonchev–Trinajstić information content (AvgIpc) is 3.29. The molecule has 4 rings (SSSR count). The van der Waals surface area contributed by atoms with E-state index < -0.39 is 0 Å². The summed E-state index contributed by atoms with van der Waals surface area (Å²) in [6.45, 7) is 2.54. The van der Waals surface area contributed by atoms with Crippen molar-refractivity contribution in [2.75, 3.05) is 16.8 Å². The van der Waals surface area contributed by atoms with Gasteiger partial charge in [0.15, 0.2) is 0 Å². The molecule has 1 saturated heterocycles. The Morgan fingerprint density at radius 3 is 2.71 bits per heavy atom. The van der Waals surface area contributed by atoms with Gasteiger partial charge >= 0.3 is 0 Å². The summed E-state index contributed by atoms with van der Waals surface area (Å²) in [5.41, 5.74) is 2.36. The SMILES string of the molecule is Cc1ccccc1N1CC(c2nnc(NC(=O)c3ccccc3Cl)s2)CC1=O. The first-order valence-electron chi connectivity index (χ1n) is 8.78. The first-order chi connectivity index (χ1) is 13.5. The van der Waals surface area contributed by atoms with Crippen molar-refractivity contribution in [1.82, 2.24) is 10.2 Å². The minimum absolute atomic E-state index is 0.0458. The average molecular weight is 413 g/mol. The van der Waals surface area contributed by atoms with Crippen molar-refractivity contribution in [2.45, 2.75) is 19.3 Å². The van der Waals surface area contributed by atoms with Crippen LogP contribution in [0.15, 0.2) is 48.5 Å². The van der Waals surface area contributed by atoms with E-state index in [0.717, 1.165) is 16.3 Å². The number of carbonyl (C=O) groups excluding carboxylic acids is 2. The number of aryl methyl sites for hydroxylation is 1. The third-order valence-electron chi connectivity index (χ3n) is 4.66. The van der Waals surface area contributed by atoms with Gasteiger partial charge in [-0.25, -0.2) is 0 Å². The van der Waals surface area contributed by atoms with E-state index in [1.54, 1.807) is 29.2 Å². The Labute approximate surface area is 171 Å². The van der Waals surface area contributed by atoms with Gasteiger partial charge in [-0.15, -0.1) is 10.2 Å². The molecule has 3 aromatic rings. The molecule has 142 valence electrons. The van der Waals surface area contributed by atoms with Crippen LogP contribution in [0.2, 0.25) is 5.02 Å². The summed E-state index contributed by atoms with van der Waals surface area (Å²) in [5, 5.41) is 12.5. The van der Waals surface area contributed by atoms with Gasteiger partial charge in [-0.2, -0.15) is 0 Å². The highest BCUT2D eigenvalue weighted by Crippen LogP contribution is 2.35. The molecular formula is C20H17ClN4O2S. The Morgan fingerprint density at radius 2 is 1.93 bits per heavy atom. The van der Waals surface area contributed by atoms with E-state index in [4.69, 9.17) is 11.6 Å². The normalized spacial score (nSPS) is 16.4. The number of rotatable bonds is 4. The largest absolute Gasteiger partial charge is 0.311 e. The number of amides is 2. The van der Waals surface area contributed by atoms with E-state index in [9.17, 15) is 9.59 Å². The van der Waals surface area contributed by atoms with Crippen LogP contribution in [0.4, 0.5) is 10.8 Å². The maximum Gasteiger partial charge on any atom is 0.259 e. The van der Waals surface area contributed by atoms with E-state index in [-0.39, 0.29) is 17.7 Å². The molecule has 1 aromatic heterocycles. The summed E-state index contributed by atoms with van der Waals surface area (Å²) < 4.78 is 0. The van der Waals surface area contributed by atoms with E-state index in [1.807, 2.05) is 31.2 Å². The molecule has 2 aromatic carbocycles. The molecule has 0 spiro atoms. The van der Waals surface area contributed by atoms with Crippen molar-refractivity contribution in [3.8, 4) is 0 Å². The second-order valence-electron chi connectivity index (χ2n) is 6.57. The van der Waals surface area contributed by atoms with E-state index >= 15 is 0 Å². The van der Waals surface area contributed by atoms with Crippen LogP contribution in [0.5, 0.6) is 0 Å². The van der Waals surface area contributed by atoms with Crippen LogP contribution in [-0.2, 0) is 4.79 Å². The van der Waals surface area contributed by atoms with Gasteiger partial charge < -0.3 is 4.90 Å². The van der Waals surface area contributed by atoms with Gasteiger partial charge in [0.25, 0.3) is 5.91 Å². The van der Waals surface area contributed by atoms with Crippen molar-refractivity contribution in [3.05, 3.63) is 69.7 Å². The minimum atomic E-state index is -0.336. The monoisotopic (exact) mass is 412 g/mol. The number of hydrogen-bond donors (Lipinski definition) is 1. The number of nitrogens with one attached hydrogen (secondary N) is 1. The summed E-state index contributed by atoms with van der Waals surface area (Å²) in [5.74, 6) is -0.316. The quantitative estimate of drug-likeness (QED) is 0.694. The zero-order valence-electron chi connectivity index (χ0n) is 15.1. The van der Waals surface area contributed by atoms with Crippen molar-refractivity contribution in [1.29, 1.82) is 0 Å². The number of para-hydroxylation sites is 1. The first kappa shape index (κ1) is 18.6. The highest BCUT2D eigenvalue weighted by atomic mass is 35.5. The fraction of sp³-hybridized carbons (Fsp3) is 0.200. The maximum atomic E-state index is 12.5. The molecule has 0 saturated carbocycles. The molecule has 6 nitrogen and oxygen atoms in total. The topological polar surface area (TPSA) is 75.2 Å². The highest BCUT2D eigenvalue weighted by molar-refractivity contribution is 7.15. The Kier molecular flexibility index (Phi) is 5.11. The lowest BCUT2D eigenvalue weighted by molar-refractivity contribution is -0.117. The van der Waals surface area contributed by atoms with Gasteiger partial charge in [-0.1, -0.05) is 53.3 Å². The highest BCUT2D eigenvalue weighted by Gasteiger charge is 2.34. The first-order valence-corrected chi connectivity index (χ1v) is 9.97. The molecule has 1 atom stereocenters. The molecule has 0 aliphatic carbocycles. The number of aromatic nitrogens is 2. The number of nitrogens with zero attached hydrogens (tertiary/aromatic N) is 3. The molecule has 2 heterocycles. The van der Waals surface area contributed by atoms with Crippen molar-refractivity contribution < 1.29 is 9.59 Å². The molecule has 28 heavy (non-hydrogen) atoms. The van der Waals surface area contributed by atoms with Gasteiger partial charge in [0.2, 0.25) is 11.0 Å². The lowest BCUT2D eigenvalue weighted by atomic mass is 10.1. The second-order valence-corrected chi connectivity index (χ2v) is 7.99. The summed E-state index contributed by atoms with van der Waals surface area (Å²) in [6, 6.07) is 14.6. The summed E-state index contributed by atoms with van der Waals surface area (Å²) in [7, 11) is 0. The van der Waals surface area contributed by atoms with Crippen molar-refractivity contribution >= 4 is 45.6 Å². The Hall–Kier alpha value is -2.77. The predicted octanol–water partition coefficient (Wildman–Crippen LogP) is 4.27. The van der Waals surface area contributed by atoms with Crippen LogP contribution in [0.1, 0.15) is 33.3 Å². The van der Waals surface area contributed by atoms with E-state index in [0.29, 0.717) is 28.7 Å². The molecular weight excluding hydrogens is 396 g/mol. The van der Waals surface area contributed by atoms with Crippen LogP contribution in [0, 0.1) is 6.92 Å². The fourth-order valence-corrected chi connectivity index (χ4v) is 4.28. The van der Waals surface area contributed by atoms with Crippen molar-refractivity contribution in [2.24, 2.45) is 0 Å². The minimum Gasteiger partial charge on any atom is -0.311 e. The summed E-state index contributed by atoms with van der Waals surface area (Å²) >= 11 is 7.35. The summed E-state index contributed by atoms with van der Waals surface area (Å²) in [4.78, 5) is 26.7. The number of hydrogen-bond acceptors (Lipinski definition) is 5. The molecule has 1 fully saturated rings. The number of carbonyl (C=O) groups is 2. The molecule has 1 aliphatic rings. The number of anilines is 2. The van der Waals surface area contributed by atoms with Gasteiger partial charge in [-0.3, -0.25) is 14.9 Å². The van der Waals surface area contributed by atoms with Crippen LogP contribution in [0.3, 0.4) is 0 Å². The molecule has 1 N–H and O–H groups in total. The lowest BCUT2D eigenvalue weighted by Crippen LogP contribution is -2.25. The zero-order chi connectivity index (χ0) is 19.7. The summed E-state index contributed by atoms with van der Waals surface area (Å²) in [6.07, 6.45) is 0.376. The molecule has 1 aliphatic heterocycles. The van der Waals surface area contributed by atoms with E-state index in [2.05, 4.69) is 15.5 Å². The van der Waals surface area contributed by atoms with Crippen LogP contribution in [-0.4, -0.2) is 28.6 Å². The number of benzene rings is 2. The van der Waals surface area contributed by atoms with Crippen LogP contribution in [0.25, 0.3) is 0 Å². The molecule has 0 bridgehead atoms. The van der Waals surface area contributed by atoms with Crippen LogP contribution >= 0.6 is 22.9 Å². The van der Waals surface area contributed by atoms with Gasteiger partial charge in [-0.05, 0) is 30.7 Å². The van der Waals surface area contributed by atoms with Gasteiger partial charge in [0.1, 0.15) is 5.01 Å². The predicted molar refractivity (Wildman–Crippen MR) is 110 cm³/mol. The Balaban J connectivity index is 1.48. The maximum absolute atomic E-state index is 12.5. The van der Waals surface area contributed by atoms with Crippen LogP contribution < -0.4 is 10.2 Å². The third kappa shape index (κ3) is 3.63. The van der Waals surface area contributed by atoms with Gasteiger partial charge in [0, 0.05) is 24.6 Å². The van der Waals surface area contributed by atoms with Crippen molar-refractivity contribution in [3.63, 3.8) is 0 Å². The molecule has 1 unspecified atom stereocenters. The Bertz CT molecular complexity index is 1050. The lowest BCUT2D eigenvalue weighted by Gasteiger charge is -2.18. The molecule has 0 radical (unpaired) electrons. The molecule has 8 heteroatoms. The molecule has 2 amide bonds. The van der Waals surface area contributed by atoms with E-state index in [1.165, 1.54) is 11.3 Å². The zero-order valence-corrected chi connectivity index (χ0v) is 16.6. The second kappa shape index (κ2) is 7.69. The van der Waals surface area contributed by atoms with Gasteiger partial charge in [0.05, 0.1) is 10.6 Å². The third-order valence-corrected chi connectivity index (χ3v) is 5.99. The number of halogens is 1. The standard InChI is InChI=1S/C20H17ClN4O2S/c1-12-6-2-5-9-16(12)25-11-13(10-17(25)26)19-23-24-20(28-19)22-18(27)14-7-3-4-8-15(14)21/h2-9,13H,10-11H2,1H3,(H,22,24,27). The fourth-order valence-electron chi connectivity index (χ4n) is 3.23.